The maximum atomic E-state index is 12.6. The molecule has 0 unspecified atom stereocenters. The van der Waals surface area contributed by atoms with Gasteiger partial charge >= 0.3 is 5.69 Å². The van der Waals surface area contributed by atoms with Gasteiger partial charge in [-0.15, -0.1) is 0 Å². The second kappa shape index (κ2) is 7.50. The fourth-order valence-corrected chi connectivity index (χ4v) is 4.00. The summed E-state index contributed by atoms with van der Waals surface area (Å²) in [5, 5.41) is 17.1. The van der Waals surface area contributed by atoms with E-state index in [1.54, 1.807) is 24.4 Å². The van der Waals surface area contributed by atoms with E-state index in [0.717, 1.165) is 16.7 Å². The van der Waals surface area contributed by atoms with Crippen LogP contribution in [0.4, 0.5) is 0 Å². The largest absolute Gasteiger partial charge is 0.349 e. The number of halogens is 1. The fourth-order valence-electron chi connectivity index (χ4n) is 3.78. The average Bonchev–Trinajstić information content (AvgIpc) is 3.19. The number of rotatable bonds is 2. The summed E-state index contributed by atoms with van der Waals surface area (Å²) in [6.45, 7) is 5.93. The lowest BCUT2D eigenvalue weighted by atomic mass is 9.95. The standard InChI is InChI=1S/C24H18ClN7O/c1-24(2,3)22-29-20-17(21-30-31-23(33)32(21)22)10-16(13-8-9-14(11-26)27-12-13)19(28-20)15-6-4-5-7-18(15)25/h4-10,12H,1-3H3,(H,31,33). The number of nitrogens with one attached hydrogen (secondary N) is 1. The molecule has 9 heteroatoms. The first-order chi connectivity index (χ1) is 15.8. The van der Waals surface area contributed by atoms with E-state index in [9.17, 15) is 4.79 Å². The first kappa shape index (κ1) is 20.8. The Bertz CT molecular complexity index is 1640. The van der Waals surface area contributed by atoms with E-state index in [1.807, 2.05) is 51.1 Å². The first-order valence-corrected chi connectivity index (χ1v) is 10.6. The lowest BCUT2D eigenvalue weighted by Crippen LogP contribution is -2.25. The molecule has 4 heterocycles. The van der Waals surface area contributed by atoms with Crippen molar-refractivity contribution in [2.45, 2.75) is 26.2 Å². The van der Waals surface area contributed by atoms with E-state index in [-0.39, 0.29) is 5.69 Å². The average molecular weight is 456 g/mol. The molecule has 0 radical (unpaired) electrons. The number of aromatic nitrogens is 6. The molecule has 162 valence electrons. The van der Waals surface area contributed by atoms with Gasteiger partial charge in [-0.3, -0.25) is 0 Å². The normalized spacial score (nSPS) is 11.7. The van der Waals surface area contributed by atoms with E-state index in [2.05, 4.69) is 15.2 Å². The lowest BCUT2D eigenvalue weighted by molar-refractivity contribution is 0.535. The molecule has 0 saturated carbocycles. The van der Waals surface area contributed by atoms with E-state index in [1.165, 1.54) is 4.40 Å². The maximum Gasteiger partial charge on any atom is 0.349 e. The summed E-state index contributed by atoms with van der Waals surface area (Å²) in [5.41, 5.74) is 3.24. The molecular formula is C24H18ClN7O. The Morgan fingerprint density at radius 3 is 2.55 bits per heavy atom. The van der Waals surface area contributed by atoms with Crippen LogP contribution in [0, 0.1) is 11.3 Å². The lowest BCUT2D eigenvalue weighted by Gasteiger charge is -2.20. The quantitative estimate of drug-likeness (QED) is 0.418. The Morgan fingerprint density at radius 1 is 1.09 bits per heavy atom. The van der Waals surface area contributed by atoms with Crippen molar-refractivity contribution in [3.05, 3.63) is 75.7 Å². The van der Waals surface area contributed by atoms with Crippen molar-refractivity contribution < 1.29 is 0 Å². The van der Waals surface area contributed by atoms with Crippen molar-refractivity contribution in [1.82, 2.24) is 29.5 Å². The third-order valence-electron chi connectivity index (χ3n) is 5.33. The molecule has 0 bridgehead atoms. The van der Waals surface area contributed by atoms with E-state index in [0.29, 0.717) is 38.9 Å². The van der Waals surface area contributed by atoms with E-state index in [4.69, 9.17) is 26.8 Å². The van der Waals surface area contributed by atoms with Crippen LogP contribution in [-0.2, 0) is 5.41 Å². The van der Waals surface area contributed by atoms with Crippen LogP contribution in [0.1, 0.15) is 32.3 Å². The zero-order chi connectivity index (χ0) is 23.3. The summed E-state index contributed by atoms with van der Waals surface area (Å²) < 4.78 is 1.49. The molecule has 0 amide bonds. The zero-order valence-corrected chi connectivity index (χ0v) is 18.8. The first-order valence-electron chi connectivity index (χ1n) is 10.2. The minimum atomic E-state index is -0.428. The monoisotopic (exact) mass is 455 g/mol. The molecule has 4 aromatic heterocycles. The highest BCUT2D eigenvalue weighted by atomic mass is 35.5. The van der Waals surface area contributed by atoms with Gasteiger partial charge in [-0.25, -0.2) is 29.2 Å². The van der Waals surface area contributed by atoms with Gasteiger partial charge in [0.25, 0.3) is 0 Å². The minimum absolute atomic E-state index is 0.310. The topological polar surface area (TPSA) is 113 Å². The number of hydrogen-bond donors (Lipinski definition) is 1. The molecule has 0 aliphatic carbocycles. The molecule has 0 atom stereocenters. The molecule has 0 aliphatic heterocycles. The smallest absolute Gasteiger partial charge is 0.246 e. The number of benzene rings is 1. The summed E-state index contributed by atoms with van der Waals surface area (Å²) >= 11 is 6.54. The van der Waals surface area contributed by atoms with Gasteiger partial charge in [-0.05, 0) is 24.3 Å². The second-order valence-electron chi connectivity index (χ2n) is 8.65. The zero-order valence-electron chi connectivity index (χ0n) is 18.1. The summed E-state index contributed by atoms with van der Waals surface area (Å²) in [7, 11) is 0. The Balaban J connectivity index is 1.92. The third kappa shape index (κ3) is 3.43. The molecule has 0 fully saturated rings. The molecule has 33 heavy (non-hydrogen) atoms. The SMILES string of the molecule is CC(C)(C)c1nc2nc(-c3ccccc3Cl)c(-c3ccc(C#N)nc3)cc2c2n[nH]c(=O)n12. The number of aromatic amines is 1. The Morgan fingerprint density at radius 2 is 1.88 bits per heavy atom. The predicted octanol–water partition coefficient (Wildman–Crippen LogP) is 4.52. The van der Waals surface area contributed by atoms with Crippen LogP contribution in [0.5, 0.6) is 0 Å². The van der Waals surface area contributed by atoms with Gasteiger partial charge < -0.3 is 0 Å². The highest BCUT2D eigenvalue weighted by Crippen LogP contribution is 2.37. The molecular weight excluding hydrogens is 438 g/mol. The van der Waals surface area contributed by atoms with Crippen LogP contribution in [0.15, 0.2) is 53.5 Å². The maximum absolute atomic E-state index is 12.6. The van der Waals surface area contributed by atoms with Gasteiger partial charge in [0, 0.05) is 33.3 Å². The molecule has 1 N–H and O–H groups in total. The molecule has 0 aliphatic rings. The van der Waals surface area contributed by atoms with Crippen LogP contribution >= 0.6 is 11.6 Å². The van der Waals surface area contributed by atoms with Crippen LogP contribution in [0.3, 0.4) is 0 Å². The van der Waals surface area contributed by atoms with Crippen molar-refractivity contribution in [3.8, 4) is 28.5 Å². The van der Waals surface area contributed by atoms with Crippen molar-refractivity contribution in [2.24, 2.45) is 0 Å². The van der Waals surface area contributed by atoms with Gasteiger partial charge in [0.15, 0.2) is 11.3 Å². The Labute approximate surface area is 193 Å². The highest BCUT2D eigenvalue weighted by molar-refractivity contribution is 6.33. The molecule has 0 spiro atoms. The predicted molar refractivity (Wildman–Crippen MR) is 126 cm³/mol. The highest BCUT2D eigenvalue weighted by Gasteiger charge is 2.25. The van der Waals surface area contributed by atoms with Gasteiger partial charge in [0.1, 0.15) is 17.6 Å². The van der Waals surface area contributed by atoms with Crippen LogP contribution in [0.2, 0.25) is 5.02 Å². The van der Waals surface area contributed by atoms with E-state index >= 15 is 0 Å². The summed E-state index contributed by atoms with van der Waals surface area (Å²) in [5.74, 6) is 0.550. The number of hydrogen-bond acceptors (Lipinski definition) is 6. The number of pyridine rings is 2. The van der Waals surface area contributed by atoms with Crippen molar-refractivity contribution >= 4 is 28.3 Å². The minimum Gasteiger partial charge on any atom is -0.246 e. The van der Waals surface area contributed by atoms with Gasteiger partial charge in [0.05, 0.1) is 11.1 Å². The molecule has 8 nitrogen and oxygen atoms in total. The van der Waals surface area contributed by atoms with Gasteiger partial charge in [-0.2, -0.15) is 10.4 Å². The number of nitriles is 1. The van der Waals surface area contributed by atoms with Crippen LogP contribution < -0.4 is 5.69 Å². The summed E-state index contributed by atoms with van der Waals surface area (Å²) in [6, 6.07) is 14.8. The molecule has 0 saturated heterocycles. The van der Waals surface area contributed by atoms with Crippen molar-refractivity contribution in [3.63, 3.8) is 0 Å². The van der Waals surface area contributed by atoms with Crippen LogP contribution in [0.25, 0.3) is 39.1 Å². The number of nitrogens with zero attached hydrogens (tertiary/aromatic N) is 6. The second-order valence-corrected chi connectivity index (χ2v) is 9.06. The molecule has 5 aromatic rings. The number of fused-ring (bicyclic) bond motifs is 3. The van der Waals surface area contributed by atoms with E-state index < -0.39 is 5.41 Å². The summed E-state index contributed by atoms with van der Waals surface area (Å²) in [6.07, 6.45) is 1.62. The fraction of sp³-hybridized carbons (Fsp3) is 0.167. The summed E-state index contributed by atoms with van der Waals surface area (Å²) in [4.78, 5) is 26.5. The Kier molecular flexibility index (Phi) is 4.73. The third-order valence-corrected chi connectivity index (χ3v) is 5.66. The van der Waals surface area contributed by atoms with Gasteiger partial charge in [0.2, 0.25) is 0 Å². The van der Waals surface area contributed by atoms with Gasteiger partial charge in [-0.1, -0.05) is 50.6 Å². The van der Waals surface area contributed by atoms with Crippen LogP contribution in [-0.4, -0.2) is 29.5 Å². The number of H-pyrrole nitrogens is 1. The Hall–Kier alpha value is -4.09. The van der Waals surface area contributed by atoms with Crippen molar-refractivity contribution in [2.75, 3.05) is 0 Å². The molecule has 1 aromatic carbocycles. The van der Waals surface area contributed by atoms with Crippen molar-refractivity contribution in [1.29, 1.82) is 5.26 Å². The molecule has 5 rings (SSSR count).